The van der Waals surface area contributed by atoms with Crippen molar-refractivity contribution in [2.24, 2.45) is 0 Å². The highest BCUT2D eigenvalue weighted by Crippen LogP contribution is 2.32. The van der Waals surface area contributed by atoms with Gasteiger partial charge in [0.15, 0.2) is 0 Å². The molecular weight excluding hydrogens is 351 g/mol. The summed E-state index contributed by atoms with van der Waals surface area (Å²) in [6, 6.07) is 10.9. The molecule has 0 bridgehead atoms. The van der Waals surface area contributed by atoms with Gasteiger partial charge in [0, 0.05) is 5.56 Å². The molecule has 1 heterocycles. The summed E-state index contributed by atoms with van der Waals surface area (Å²) >= 11 is 0. The molecule has 26 heavy (non-hydrogen) atoms. The van der Waals surface area contributed by atoms with E-state index in [0.29, 0.717) is 0 Å². The second-order valence-electron chi connectivity index (χ2n) is 5.55. The Hall–Kier alpha value is -3.16. The van der Waals surface area contributed by atoms with Gasteiger partial charge in [-0.25, -0.2) is 0 Å². The van der Waals surface area contributed by atoms with E-state index >= 15 is 0 Å². The van der Waals surface area contributed by atoms with E-state index in [0.717, 1.165) is 11.0 Å². The summed E-state index contributed by atoms with van der Waals surface area (Å²) in [4.78, 5) is 36.8. The Kier molecular flexibility index (Phi) is 4.50. The molecule has 0 saturated heterocycles. The number of Topliss-reactive ketones (excluding diaryl/α,β-unsaturated/α-hetero) is 1. The molecule has 134 valence electrons. The lowest BCUT2D eigenvalue weighted by atomic mass is 10.1. The molecule has 0 spiro atoms. The zero-order chi connectivity index (χ0) is 18.9. The largest absolute Gasteiger partial charge is 0.459 e. The number of hydrogen-bond donors (Lipinski definition) is 0. The Morgan fingerprint density at radius 1 is 1.00 bits per heavy atom. The molecule has 0 fully saturated rings. The van der Waals surface area contributed by atoms with Gasteiger partial charge in [0.2, 0.25) is 0 Å². The molecule has 3 rings (SSSR count). The maximum absolute atomic E-state index is 12.9. The first-order valence-electron chi connectivity index (χ1n) is 7.55. The minimum absolute atomic E-state index is 0.174. The van der Waals surface area contributed by atoms with Crippen LogP contribution in [0.4, 0.5) is 18.9 Å². The Labute approximate surface area is 146 Å². The molecule has 1 amide bonds. The zero-order valence-corrected chi connectivity index (χ0v) is 13.2. The molecule has 1 aliphatic heterocycles. The van der Waals surface area contributed by atoms with Gasteiger partial charge in [-0.3, -0.25) is 19.3 Å². The van der Waals surface area contributed by atoms with Gasteiger partial charge in [0.1, 0.15) is 13.2 Å². The molecule has 0 atom stereocenters. The predicted molar refractivity (Wildman–Crippen MR) is 84.4 cm³/mol. The van der Waals surface area contributed by atoms with Crippen LogP contribution in [-0.2, 0) is 27.1 Å². The molecule has 0 unspecified atom stereocenters. The van der Waals surface area contributed by atoms with Gasteiger partial charge >= 0.3 is 12.1 Å². The van der Waals surface area contributed by atoms with E-state index in [2.05, 4.69) is 0 Å². The van der Waals surface area contributed by atoms with Crippen LogP contribution >= 0.6 is 0 Å². The quantitative estimate of drug-likeness (QED) is 0.619. The van der Waals surface area contributed by atoms with Crippen molar-refractivity contribution in [3.63, 3.8) is 0 Å². The molecule has 0 radical (unpaired) electrons. The van der Waals surface area contributed by atoms with Crippen LogP contribution in [0.2, 0.25) is 0 Å². The molecular formula is C18H12F3NO4. The van der Waals surface area contributed by atoms with E-state index in [-0.39, 0.29) is 16.8 Å². The second-order valence-corrected chi connectivity index (χ2v) is 5.55. The second kappa shape index (κ2) is 6.62. The fourth-order valence-corrected chi connectivity index (χ4v) is 2.66. The van der Waals surface area contributed by atoms with Crippen LogP contribution in [-0.4, -0.2) is 24.2 Å². The number of para-hydroxylation sites is 1. The van der Waals surface area contributed by atoms with Crippen molar-refractivity contribution in [3.05, 3.63) is 65.2 Å². The SMILES string of the molecule is O=C(CN1C(=O)C(=O)c2ccccc21)OCc1ccccc1C(F)(F)F. The first kappa shape index (κ1) is 17.7. The minimum atomic E-state index is -4.57. The summed E-state index contributed by atoms with van der Waals surface area (Å²) in [6.45, 7) is -1.15. The zero-order valence-electron chi connectivity index (χ0n) is 13.2. The van der Waals surface area contributed by atoms with Crippen molar-refractivity contribution >= 4 is 23.3 Å². The molecule has 0 N–H and O–H groups in total. The number of alkyl halides is 3. The fraction of sp³-hybridized carbons (Fsp3) is 0.167. The highest BCUT2D eigenvalue weighted by atomic mass is 19.4. The van der Waals surface area contributed by atoms with Crippen molar-refractivity contribution in [2.45, 2.75) is 12.8 Å². The van der Waals surface area contributed by atoms with Crippen LogP contribution < -0.4 is 4.90 Å². The summed E-state index contributed by atoms with van der Waals surface area (Å²) < 4.78 is 43.7. The number of benzene rings is 2. The van der Waals surface area contributed by atoms with E-state index in [9.17, 15) is 27.6 Å². The topological polar surface area (TPSA) is 63.7 Å². The normalized spacial score (nSPS) is 13.7. The number of carbonyl (C=O) groups is 3. The maximum Gasteiger partial charge on any atom is 0.416 e. The molecule has 2 aromatic rings. The third-order valence-electron chi connectivity index (χ3n) is 3.88. The molecule has 1 aliphatic rings. The van der Waals surface area contributed by atoms with Crippen molar-refractivity contribution < 1.29 is 32.3 Å². The number of carbonyl (C=O) groups excluding carboxylic acids is 3. The summed E-state index contributed by atoms with van der Waals surface area (Å²) in [5.74, 6) is -2.53. The third kappa shape index (κ3) is 3.30. The first-order chi connectivity index (χ1) is 12.3. The van der Waals surface area contributed by atoms with Crippen LogP contribution in [0.25, 0.3) is 0 Å². The maximum atomic E-state index is 12.9. The first-order valence-corrected chi connectivity index (χ1v) is 7.55. The third-order valence-corrected chi connectivity index (χ3v) is 3.88. The van der Waals surface area contributed by atoms with E-state index in [1.54, 1.807) is 12.1 Å². The Balaban J connectivity index is 1.70. The van der Waals surface area contributed by atoms with Gasteiger partial charge in [-0.2, -0.15) is 13.2 Å². The van der Waals surface area contributed by atoms with Crippen molar-refractivity contribution in [2.75, 3.05) is 11.4 Å². The Morgan fingerprint density at radius 3 is 2.38 bits per heavy atom. The van der Waals surface area contributed by atoms with Crippen LogP contribution in [0, 0.1) is 0 Å². The van der Waals surface area contributed by atoms with Gasteiger partial charge in [-0.15, -0.1) is 0 Å². The number of halogens is 3. The van der Waals surface area contributed by atoms with Crippen LogP contribution in [0.3, 0.4) is 0 Å². The van der Waals surface area contributed by atoms with E-state index < -0.39 is 42.6 Å². The average Bonchev–Trinajstić information content (AvgIpc) is 2.85. The van der Waals surface area contributed by atoms with E-state index in [4.69, 9.17) is 4.74 Å². The number of ether oxygens (including phenoxy) is 1. The number of hydrogen-bond acceptors (Lipinski definition) is 4. The number of fused-ring (bicyclic) bond motifs is 1. The predicted octanol–water partition coefficient (Wildman–Crippen LogP) is 2.98. The van der Waals surface area contributed by atoms with Crippen molar-refractivity contribution in [1.82, 2.24) is 0 Å². The summed E-state index contributed by atoms with van der Waals surface area (Å²) in [7, 11) is 0. The molecule has 5 nitrogen and oxygen atoms in total. The summed E-state index contributed by atoms with van der Waals surface area (Å²) in [5, 5.41) is 0. The van der Waals surface area contributed by atoms with Crippen LogP contribution in [0.5, 0.6) is 0 Å². The summed E-state index contributed by atoms with van der Waals surface area (Å²) in [5.41, 5.74) is -0.647. The Morgan fingerprint density at radius 2 is 1.65 bits per heavy atom. The van der Waals surface area contributed by atoms with Crippen molar-refractivity contribution in [3.8, 4) is 0 Å². The lowest BCUT2D eigenvalue weighted by Gasteiger charge is -2.16. The van der Waals surface area contributed by atoms with Gasteiger partial charge in [-0.1, -0.05) is 30.3 Å². The van der Waals surface area contributed by atoms with Gasteiger partial charge in [0.05, 0.1) is 16.8 Å². The lowest BCUT2D eigenvalue weighted by Crippen LogP contribution is -2.35. The highest BCUT2D eigenvalue weighted by molar-refractivity contribution is 6.52. The van der Waals surface area contributed by atoms with Gasteiger partial charge in [-0.05, 0) is 18.2 Å². The number of esters is 1. The number of amides is 1. The van der Waals surface area contributed by atoms with E-state index in [1.165, 1.54) is 30.3 Å². The Bertz CT molecular complexity index is 892. The molecule has 0 saturated carbocycles. The number of ketones is 1. The van der Waals surface area contributed by atoms with Gasteiger partial charge in [0.25, 0.3) is 11.7 Å². The number of rotatable bonds is 4. The molecule has 2 aromatic carbocycles. The number of anilines is 1. The average molecular weight is 363 g/mol. The molecule has 0 aliphatic carbocycles. The lowest BCUT2D eigenvalue weighted by molar-refractivity contribution is -0.146. The molecule has 8 heteroatoms. The van der Waals surface area contributed by atoms with Crippen LogP contribution in [0.1, 0.15) is 21.5 Å². The standard InChI is InChI=1S/C18H12F3NO4/c19-18(20,21)13-7-3-1-5-11(13)10-26-15(23)9-22-14-8-4-2-6-12(14)16(24)17(22)25/h1-8H,9-10H2. The fourth-order valence-electron chi connectivity index (χ4n) is 2.66. The minimum Gasteiger partial charge on any atom is -0.459 e. The van der Waals surface area contributed by atoms with Crippen molar-refractivity contribution in [1.29, 1.82) is 0 Å². The smallest absolute Gasteiger partial charge is 0.416 e. The van der Waals surface area contributed by atoms with Gasteiger partial charge < -0.3 is 4.74 Å². The molecule has 0 aromatic heterocycles. The highest BCUT2D eigenvalue weighted by Gasteiger charge is 2.37. The van der Waals surface area contributed by atoms with Crippen LogP contribution in [0.15, 0.2) is 48.5 Å². The summed E-state index contributed by atoms with van der Waals surface area (Å²) in [6.07, 6.45) is -4.57. The number of nitrogens with zero attached hydrogens (tertiary/aromatic N) is 1. The monoisotopic (exact) mass is 363 g/mol. The van der Waals surface area contributed by atoms with E-state index in [1.807, 2.05) is 0 Å².